The van der Waals surface area contributed by atoms with E-state index in [2.05, 4.69) is 13.8 Å². The van der Waals surface area contributed by atoms with Crippen LogP contribution in [0.3, 0.4) is 0 Å². The summed E-state index contributed by atoms with van der Waals surface area (Å²) < 4.78 is 0. The number of fused-ring (bicyclic) bond motifs is 5. The van der Waals surface area contributed by atoms with Gasteiger partial charge >= 0.3 is 0 Å². The molecule has 4 fully saturated rings. The van der Waals surface area contributed by atoms with E-state index >= 15 is 0 Å². The fourth-order valence-electron chi connectivity index (χ4n) is 9.32. The van der Waals surface area contributed by atoms with Crippen molar-refractivity contribution in [2.45, 2.75) is 123 Å². The van der Waals surface area contributed by atoms with Crippen LogP contribution in [0.5, 0.6) is 0 Å². The van der Waals surface area contributed by atoms with Crippen molar-refractivity contribution in [1.82, 2.24) is 4.90 Å². The minimum absolute atomic E-state index is 0.110. The molecule has 0 radical (unpaired) electrons. The van der Waals surface area contributed by atoms with Gasteiger partial charge in [0.25, 0.3) is 0 Å². The number of ketones is 1. The zero-order chi connectivity index (χ0) is 24.5. The predicted octanol–water partition coefficient (Wildman–Crippen LogP) is 6.39. The summed E-state index contributed by atoms with van der Waals surface area (Å²) in [5, 5.41) is 11.0. The molecule has 4 aliphatic carbocycles. The third-order valence-corrected chi connectivity index (χ3v) is 11.2. The number of hydrogen-bond donors (Lipinski definition) is 1. The molecule has 4 saturated carbocycles. The lowest BCUT2D eigenvalue weighted by Crippen LogP contribution is -2.57. The quantitative estimate of drug-likeness (QED) is 0.395. The summed E-state index contributed by atoms with van der Waals surface area (Å²) in [6.45, 7) is 4.96. The fraction of sp³-hybridized carbons (Fsp3) is 0.933. The molecule has 0 bridgehead atoms. The zero-order valence-electron chi connectivity index (χ0n) is 22.5. The summed E-state index contributed by atoms with van der Waals surface area (Å²) in [5.74, 6) is 4.24. The topological polar surface area (TPSA) is 57.6 Å². The second-order valence-corrected chi connectivity index (χ2v) is 13.3. The van der Waals surface area contributed by atoms with Crippen LogP contribution in [0.1, 0.15) is 117 Å². The summed E-state index contributed by atoms with van der Waals surface area (Å²) in [7, 11) is 3.68. The highest BCUT2D eigenvalue weighted by Crippen LogP contribution is 2.68. The predicted molar refractivity (Wildman–Crippen MR) is 137 cm³/mol. The van der Waals surface area contributed by atoms with E-state index in [1.807, 2.05) is 14.1 Å². The van der Waals surface area contributed by atoms with Gasteiger partial charge in [0.2, 0.25) is 5.91 Å². The van der Waals surface area contributed by atoms with Gasteiger partial charge in [0.05, 0.1) is 6.10 Å². The molecule has 4 aliphatic rings. The van der Waals surface area contributed by atoms with Gasteiger partial charge < -0.3 is 10.0 Å². The smallest absolute Gasteiger partial charge is 0.222 e. The summed E-state index contributed by atoms with van der Waals surface area (Å²) in [6, 6.07) is 0. The molecule has 0 aromatic heterocycles. The summed E-state index contributed by atoms with van der Waals surface area (Å²) >= 11 is 0. The molecule has 34 heavy (non-hydrogen) atoms. The van der Waals surface area contributed by atoms with Crippen LogP contribution in [0.2, 0.25) is 0 Å². The Hall–Kier alpha value is -0.900. The van der Waals surface area contributed by atoms with Crippen molar-refractivity contribution in [3.05, 3.63) is 0 Å². The van der Waals surface area contributed by atoms with Crippen LogP contribution in [0, 0.1) is 40.4 Å². The SMILES string of the molecule is CN(C)C(=O)CCCCCCCCC1C[C@]2(C)C(O)CC[C@H]2[C@@H]2CCC3CC(=O)CC[C@]3(C)[C@H]12. The molecule has 0 aliphatic heterocycles. The Morgan fingerprint density at radius 3 is 2.41 bits per heavy atom. The van der Waals surface area contributed by atoms with Crippen molar-refractivity contribution in [2.75, 3.05) is 14.1 Å². The molecule has 0 saturated heterocycles. The van der Waals surface area contributed by atoms with Crippen LogP contribution in [-0.4, -0.2) is 41.9 Å². The highest BCUT2D eigenvalue weighted by atomic mass is 16.3. The number of carbonyl (C=O) groups is 2. The molecular formula is C30H51NO3. The molecule has 1 amide bonds. The third kappa shape index (κ3) is 5.00. The molecule has 0 spiro atoms. The lowest BCUT2D eigenvalue weighted by Gasteiger charge is -2.62. The molecule has 1 N–H and O–H groups in total. The number of carbonyl (C=O) groups excluding carboxylic acids is 2. The Morgan fingerprint density at radius 2 is 1.68 bits per heavy atom. The first-order valence-electron chi connectivity index (χ1n) is 14.6. The Balaban J connectivity index is 1.35. The van der Waals surface area contributed by atoms with E-state index in [1.54, 1.807) is 4.90 Å². The van der Waals surface area contributed by atoms with Gasteiger partial charge in [-0.25, -0.2) is 0 Å². The maximum Gasteiger partial charge on any atom is 0.222 e. The normalized spacial score (nSPS) is 41.5. The Kier molecular flexibility index (Phi) is 8.17. The van der Waals surface area contributed by atoms with Gasteiger partial charge in [0, 0.05) is 33.4 Å². The van der Waals surface area contributed by atoms with Gasteiger partial charge in [-0.15, -0.1) is 0 Å². The lowest BCUT2D eigenvalue weighted by molar-refractivity contribution is -0.159. The van der Waals surface area contributed by atoms with Crippen molar-refractivity contribution in [1.29, 1.82) is 0 Å². The molecule has 0 aromatic rings. The highest BCUT2D eigenvalue weighted by molar-refractivity contribution is 5.79. The van der Waals surface area contributed by atoms with E-state index < -0.39 is 0 Å². The second kappa shape index (κ2) is 10.6. The lowest BCUT2D eigenvalue weighted by atomic mass is 9.42. The van der Waals surface area contributed by atoms with Crippen LogP contribution < -0.4 is 0 Å². The van der Waals surface area contributed by atoms with E-state index in [9.17, 15) is 14.7 Å². The highest BCUT2D eigenvalue weighted by Gasteiger charge is 2.62. The number of amides is 1. The Morgan fingerprint density at radius 1 is 0.971 bits per heavy atom. The summed E-state index contributed by atoms with van der Waals surface area (Å²) in [4.78, 5) is 25.7. The molecule has 8 atom stereocenters. The molecule has 194 valence electrons. The average molecular weight is 474 g/mol. The summed E-state index contributed by atoms with van der Waals surface area (Å²) in [6.07, 6.45) is 17.8. The van der Waals surface area contributed by atoms with Crippen LogP contribution in [0.4, 0.5) is 0 Å². The summed E-state index contributed by atoms with van der Waals surface area (Å²) in [5.41, 5.74) is 0.438. The van der Waals surface area contributed by atoms with E-state index in [-0.39, 0.29) is 17.4 Å². The van der Waals surface area contributed by atoms with Gasteiger partial charge in [-0.1, -0.05) is 52.4 Å². The number of rotatable bonds is 9. The minimum Gasteiger partial charge on any atom is -0.393 e. The van der Waals surface area contributed by atoms with Crippen molar-refractivity contribution >= 4 is 11.7 Å². The molecule has 4 heteroatoms. The number of unbranched alkanes of at least 4 members (excludes halogenated alkanes) is 5. The minimum atomic E-state index is -0.121. The maximum atomic E-state index is 12.3. The van der Waals surface area contributed by atoms with E-state index in [0.717, 1.165) is 50.4 Å². The van der Waals surface area contributed by atoms with Gasteiger partial charge in [-0.3, -0.25) is 9.59 Å². The van der Waals surface area contributed by atoms with E-state index in [4.69, 9.17) is 0 Å². The van der Waals surface area contributed by atoms with Crippen molar-refractivity contribution in [2.24, 2.45) is 40.4 Å². The standard InChI is InChI=1S/C30H51NO3/c1-29-18-17-23(32)19-22(29)13-14-24-25-15-16-26(33)30(25,2)20-21(28(24)29)11-9-7-5-6-8-10-12-27(34)31(3)4/h21-22,24-26,28,33H,5-20H2,1-4H3/t21?,22?,24-,25-,26?,28+,29-,30-/m0/s1. The number of aliphatic hydroxyl groups is 1. The van der Waals surface area contributed by atoms with Crippen LogP contribution in [0.25, 0.3) is 0 Å². The van der Waals surface area contributed by atoms with Crippen LogP contribution in [-0.2, 0) is 9.59 Å². The van der Waals surface area contributed by atoms with Gasteiger partial charge in [-0.2, -0.15) is 0 Å². The van der Waals surface area contributed by atoms with Crippen molar-refractivity contribution in [3.63, 3.8) is 0 Å². The molecule has 4 rings (SSSR count). The monoisotopic (exact) mass is 473 g/mol. The Labute approximate surface area is 208 Å². The third-order valence-electron chi connectivity index (χ3n) is 11.2. The van der Waals surface area contributed by atoms with E-state index in [1.165, 1.54) is 57.8 Å². The van der Waals surface area contributed by atoms with Gasteiger partial charge in [-0.05, 0) is 85.4 Å². The molecule has 3 unspecified atom stereocenters. The average Bonchev–Trinajstić information content (AvgIpc) is 3.09. The molecule has 4 nitrogen and oxygen atoms in total. The molecule has 0 heterocycles. The van der Waals surface area contributed by atoms with Crippen molar-refractivity contribution in [3.8, 4) is 0 Å². The van der Waals surface area contributed by atoms with Crippen LogP contribution >= 0.6 is 0 Å². The van der Waals surface area contributed by atoms with E-state index in [0.29, 0.717) is 35.4 Å². The van der Waals surface area contributed by atoms with Gasteiger partial charge in [0.15, 0.2) is 0 Å². The first-order chi connectivity index (χ1) is 16.2. The zero-order valence-corrected chi connectivity index (χ0v) is 22.5. The van der Waals surface area contributed by atoms with Crippen molar-refractivity contribution < 1.29 is 14.7 Å². The van der Waals surface area contributed by atoms with Crippen LogP contribution in [0.15, 0.2) is 0 Å². The molecular weight excluding hydrogens is 422 g/mol. The maximum absolute atomic E-state index is 12.3. The number of aliphatic hydroxyl groups excluding tert-OH is 1. The first-order valence-corrected chi connectivity index (χ1v) is 14.6. The van der Waals surface area contributed by atoms with Gasteiger partial charge in [0.1, 0.15) is 5.78 Å². The Bertz CT molecular complexity index is 735. The molecule has 0 aromatic carbocycles. The number of nitrogens with zero attached hydrogens (tertiary/aromatic N) is 1. The second-order valence-electron chi connectivity index (χ2n) is 13.3. The largest absolute Gasteiger partial charge is 0.393 e. The number of Topliss-reactive ketones (excluding diaryl/α,β-unsaturated/α-hetero) is 1. The fourth-order valence-corrected chi connectivity index (χ4v) is 9.32. The first kappa shape index (κ1) is 26.2. The number of hydrogen-bond acceptors (Lipinski definition) is 3.